The number of fused-ring (bicyclic) bond motifs is 3. The molecule has 5 aromatic rings. The van der Waals surface area contributed by atoms with Crippen LogP contribution in [0.1, 0.15) is 18.3 Å². The second kappa shape index (κ2) is 6.90. The summed E-state index contributed by atoms with van der Waals surface area (Å²) in [6, 6.07) is 15.5. The quantitative estimate of drug-likeness (QED) is 0.474. The minimum atomic E-state index is -0.273. The fourth-order valence-corrected chi connectivity index (χ4v) is 3.43. The SMILES string of the molecule is CCc1nn2c(nnc3c(=O)n(Cc4ccccn4)cnc32)c1-c1ccccc1. The lowest BCUT2D eigenvalue weighted by atomic mass is 10.0. The molecule has 0 fully saturated rings. The summed E-state index contributed by atoms with van der Waals surface area (Å²) in [5.74, 6) is 0. The molecule has 0 spiro atoms. The summed E-state index contributed by atoms with van der Waals surface area (Å²) in [5.41, 5.74) is 4.48. The van der Waals surface area contributed by atoms with Crippen LogP contribution in [0.3, 0.4) is 0 Å². The zero-order valence-corrected chi connectivity index (χ0v) is 15.7. The van der Waals surface area contributed by atoms with Crippen molar-refractivity contribution in [2.24, 2.45) is 0 Å². The third-order valence-corrected chi connectivity index (χ3v) is 4.83. The standard InChI is InChI=1S/C21H17N7O/c1-2-16-17(14-8-4-3-5-9-14)19-25-24-18-20(28(19)26-16)23-13-27(21(18)29)12-15-10-6-7-11-22-15/h3-11,13H,2,12H2,1H3. The van der Waals surface area contributed by atoms with E-state index in [2.05, 4.69) is 25.3 Å². The fraction of sp³-hybridized carbons (Fsp3) is 0.143. The third kappa shape index (κ3) is 2.85. The maximum atomic E-state index is 13.0. The molecule has 0 saturated carbocycles. The maximum Gasteiger partial charge on any atom is 0.283 e. The van der Waals surface area contributed by atoms with Crippen molar-refractivity contribution >= 4 is 16.8 Å². The largest absolute Gasteiger partial charge is 0.291 e. The van der Waals surface area contributed by atoms with Crippen molar-refractivity contribution in [3.63, 3.8) is 0 Å². The Morgan fingerprint density at radius 1 is 0.931 bits per heavy atom. The Bertz CT molecular complexity index is 1370. The summed E-state index contributed by atoms with van der Waals surface area (Å²) < 4.78 is 3.10. The molecule has 1 aromatic carbocycles. The summed E-state index contributed by atoms with van der Waals surface area (Å²) in [6.45, 7) is 2.36. The maximum absolute atomic E-state index is 13.0. The van der Waals surface area contributed by atoms with Crippen molar-refractivity contribution in [1.29, 1.82) is 0 Å². The lowest BCUT2D eigenvalue weighted by molar-refractivity contribution is 0.720. The Hall–Kier alpha value is -3.94. The van der Waals surface area contributed by atoms with Crippen molar-refractivity contribution in [2.45, 2.75) is 19.9 Å². The van der Waals surface area contributed by atoms with Crippen LogP contribution in [0.5, 0.6) is 0 Å². The highest BCUT2D eigenvalue weighted by Gasteiger charge is 2.19. The van der Waals surface area contributed by atoms with Gasteiger partial charge in [0.15, 0.2) is 16.8 Å². The topological polar surface area (TPSA) is 90.9 Å². The van der Waals surface area contributed by atoms with Gasteiger partial charge in [0.05, 0.1) is 23.5 Å². The first-order valence-electron chi connectivity index (χ1n) is 9.35. The predicted molar refractivity (Wildman–Crippen MR) is 108 cm³/mol. The van der Waals surface area contributed by atoms with Crippen LogP contribution >= 0.6 is 0 Å². The molecule has 0 aliphatic heterocycles. The lowest BCUT2D eigenvalue weighted by Crippen LogP contribution is -2.23. The van der Waals surface area contributed by atoms with Gasteiger partial charge in [0.2, 0.25) is 0 Å². The number of pyridine rings is 1. The number of aryl methyl sites for hydroxylation is 1. The molecule has 8 heteroatoms. The van der Waals surface area contributed by atoms with Gasteiger partial charge >= 0.3 is 0 Å². The number of hydrogen-bond donors (Lipinski definition) is 0. The van der Waals surface area contributed by atoms with Gasteiger partial charge in [-0.2, -0.15) is 9.61 Å². The zero-order chi connectivity index (χ0) is 19.8. The molecule has 0 aliphatic rings. The van der Waals surface area contributed by atoms with E-state index in [1.165, 1.54) is 10.9 Å². The van der Waals surface area contributed by atoms with Gasteiger partial charge in [-0.3, -0.25) is 14.3 Å². The number of hydrogen-bond acceptors (Lipinski definition) is 6. The van der Waals surface area contributed by atoms with E-state index in [-0.39, 0.29) is 11.1 Å². The van der Waals surface area contributed by atoms with E-state index >= 15 is 0 Å². The molecule has 4 aromatic heterocycles. The summed E-state index contributed by atoms with van der Waals surface area (Å²) in [7, 11) is 0. The van der Waals surface area contributed by atoms with Gasteiger partial charge in [0.25, 0.3) is 5.56 Å². The van der Waals surface area contributed by atoms with Crippen molar-refractivity contribution in [1.82, 2.24) is 34.3 Å². The van der Waals surface area contributed by atoms with Crippen LogP contribution in [-0.2, 0) is 13.0 Å². The van der Waals surface area contributed by atoms with Crippen LogP contribution in [-0.4, -0.2) is 34.3 Å². The van der Waals surface area contributed by atoms with Gasteiger partial charge in [0.1, 0.15) is 6.33 Å². The molecule has 0 unspecified atom stereocenters. The molecule has 0 amide bonds. The van der Waals surface area contributed by atoms with Gasteiger partial charge in [0, 0.05) is 6.20 Å². The molecule has 0 radical (unpaired) electrons. The normalized spacial score (nSPS) is 11.3. The van der Waals surface area contributed by atoms with Crippen molar-refractivity contribution in [2.75, 3.05) is 0 Å². The molecule has 142 valence electrons. The first kappa shape index (κ1) is 17.2. The molecule has 8 nitrogen and oxygen atoms in total. The highest BCUT2D eigenvalue weighted by atomic mass is 16.1. The van der Waals surface area contributed by atoms with Crippen molar-refractivity contribution < 1.29 is 0 Å². The Labute approximate surface area is 165 Å². The molecule has 0 aliphatic carbocycles. The Kier molecular flexibility index (Phi) is 4.09. The first-order chi connectivity index (χ1) is 14.3. The van der Waals surface area contributed by atoms with Gasteiger partial charge in [-0.15, -0.1) is 10.2 Å². The van der Waals surface area contributed by atoms with Crippen molar-refractivity contribution in [3.8, 4) is 11.1 Å². The van der Waals surface area contributed by atoms with Gasteiger partial charge in [-0.25, -0.2) is 4.98 Å². The Morgan fingerprint density at radius 2 is 1.76 bits per heavy atom. The average Bonchev–Trinajstić information content (AvgIpc) is 3.16. The zero-order valence-electron chi connectivity index (χ0n) is 15.7. The fourth-order valence-electron chi connectivity index (χ4n) is 3.43. The molecule has 0 N–H and O–H groups in total. The predicted octanol–water partition coefficient (Wildman–Crippen LogP) is 2.51. The second-order valence-corrected chi connectivity index (χ2v) is 6.65. The second-order valence-electron chi connectivity index (χ2n) is 6.65. The molecule has 0 atom stereocenters. The molecule has 29 heavy (non-hydrogen) atoms. The van der Waals surface area contributed by atoms with E-state index in [0.717, 1.165) is 28.9 Å². The van der Waals surface area contributed by atoms with Crippen LogP contribution in [0.25, 0.3) is 27.9 Å². The minimum absolute atomic E-state index is 0.181. The summed E-state index contributed by atoms with van der Waals surface area (Å²) in [4.78, 5) is 21.7. The number of aromatic nitrogens is 7. The van der Waals surface area contributed by atoms with E-state index in [1.807, 2.05) is 55.5 Å². The highest BCUT2D eigenvalue weighted by molar-refractivity contribution is 5.83. The van der Waals surface area contributed by atoms with Gasteiger partial charge in [-0.05, 0) is 24.1 Å². The van der Waals surface area contributed by atoms with Gasteiger partial charge < -0.3 is 0 Å². The third-order valence-electron chi connectivity index (χ3n) is 4.83. The van der Waals surface area contributed by atoms with Crippen LogP contribution in [0.15, 0.2) is 65.8 Å². The number of rotatable bonds is 4. The number of benzene rings is 1. The van der Waals surface area contributed by atoms with Crippen molar-refractivity contribution in [3.05, 3.63) is 82.8 Å². The molecular weight excluding hydrogens is 366 g/mol. The van der Waals surface area contributed by atoms with Crippen LogP contribution in [0.2, 0.25) is 0 Å². The van der Waals surface area contributed by atoms with E-state index in [4.69, 9.17) is 0 Å². The van der Waals surface area contributed by atoms with E-state index in [0.29, 0.717) is 17.8 Å². The van der Waals surface area contributed by atoms with Gasteiger partial charge in [-0.1, -0.05) is 43.3 Å². The summed E-state index contributed by atoms with van der Waals surface area (Å²) in [5, 5.41) is 13.2. The Balaban J connectivity index is 1.71. The monoisotopic (exact) mass is 383 g/mol. The Morgan fingerprint density at radius 3 is 2.52 bits per heavy atom. The minimum Gasteiger partial charge on any atom is -0.291 e. The van der Waals surface area contributed by atoms with Crippen LogP contribution in [0, 0.1) is 0 Å². The lowest BCUT2D eigenvalue weighted by Gasteiger charge is -2.06. The van der Waals surface area contributed by atoms with E-state index in [9.17, 15) is 4.79 Å². The summed E-state index contributed by atoms with van der Waals surface area (Å²) >= 11 is 0. The number of nitrogens with zero attached hydrogens (tertiary/aromatic N) is 7. The first-order valence-corrected chi connectivity index (χ1v) is 9.35. The molecular formula is C21H17N7O. The van der Waals surface area contributed by atoms with Crippen LogP contribution in [0.4, 0.5) is 0 Å². The average molecular weight is 383 g/mol. The highest BCUT2D eigenvalue weighted by Crippen LogP contribution is 2.28. The molecule has 0 bridgehead atoms. The molecule has 5 rings (SSSR count). The van der Waals surface area contributed by atoms with E-state index < -0.39 is 0 Å². The summed E-state index contributed by atoms with van der Waals surface area (Å²) in [6.07, 6.45) is 3.93. The smallest absolute Gasteiger partial charge is 0.283 e. The van der Waals surface area contributed by atoms with E-state index in [1.54, 1.807) is 10.7 Å². The molecule has 0 saturated heterocycles. The van der Waals surface area contributed by atoms with Crippen LogP contribution < -0.4 is 5.56 Å². The molecule has 4 heterocycles.